The van der Waals surface area contributed by atoms with Gasteiger partial charge in [0.05, 0.1) is 11.1 Å². The van der Waals surface area contributed by atoms with E-state index in [1.54, 1.807) is 6.07 Å². The fraction of sp³-hybridized carbons (Fsp3) is 0.222. The Balaban J connectivity index is 2.97. The molecule has 2 nitrogen and oxygen atoms in total. The monoisotopic (exact) mass is 229 g/mol. The number of aliphatic hydroxyl groups excluding tert-OH is 1. The molecule has 0 saturated carbocycles. The smallest absolute Gasteiger partial charge is 0.133 e. The predicted molar refractivity (Wildman–Crippen MR) is 50.6 cm³/mol. The van der Waals surface area contributed by atoms with Crippen LogP contribution in [0.3, 0.4) is 0 Å². The average Bonchev–Trinajstić information content (AvgIpc) is 2.09. The SMILES string of the molecule is CCOc1cccc([CH]O)c1Br. The van der Waals surface area contributed by atoms with Gasteiger partial charge in [-0.1, -0.05) is 12.1 Å². The van der Waals surface area contributed by atoms with Crippen molar-refractivity contribution in [1.29, 1.82) is 0 Å². The number of hydrogen-bond donors (Lipinski definition) is 1. The summed E-state index contributed by atoms with van der Waals surface area (Å²) in [6.07, 6.45) is 0. The minimum Gasteiger partial charge on any atom is -0.493 e. The largest absolute Gasteiger partial charge is 0.493 e. The van der Waals surface area contributed by atoms with Crippen LogP contribution in [-0.2, 0) is 0 Å². The minimum atomic E-state index is 0.619. The normalized spacial score (nSPS) is 9.92. The van der Waals surface area contributed by atoms with Gasteiger partial charge < -0.3 is 9.84 Å². The van der Waals surface area contributed by atoms with Crippen LogP contribution < -0.4 is 4.74 Å². The van der Waals surface area contributed by atoms with E-state index >= 15 is 0 Å². The second kappa shape index (κ2) is 4.48. The molecule has 0 saturated heterocycles. The molecule has 1 radical (unpaired) electrons. The number of rotatable bonds is 3. The molecule has 0 aliphatic rings. The molecule has 65 valence electrons. The summed E-state index contributed by atoms with van der Waals surface area (Å²) in [5.41, 5.74) is 0.723. The van der Waals surface area contributed by atoms with Crippen molar-refractivity contribution in [1.82, 2.24) is 0 Å². The van der Waals surface area contributed by atoms with Crippen molar-refractivity contribution < 1.29 is 9.84 Å². The van der Waals surface area contributed by atoms with Crippen LogP contribution in [0.2, 0.25) is 0 Å². The molecule has 0 unspecified atom stereocenters. The van der Waals surface area contributed by atoms with E-state index in [4.69, 9.17) is 9.84 Å². The van der Waals surface area contributed by atoms with E-state index in [9.17, 15) is 0 Å². The molecule has 1 rings (SSSR count). The summed E-state index contributed by atoms with van der Waals surface area (Å²) in [4.78, 5) is 0. The van der Waals surface area contributed by atoms with Gasteiger partial charge in [-0.25, -0.2) is 0 Å². The predicted octanol–water partition coefficient (Wildman–Crippen LogP) is 2.73. The minimum absolute atomic E-state index is 0.619. The van der Waals surface area contributed by atoms with Gasteiger partial charge in [0.15, 0.2) is 0 Å². The Kier molecular flexibility index (Phi) is 3.56. The Morgan fingerprint density at radius 3 is 2.92 bits per heavy atom. The van der Waals surface area contributed by atoms with Gasteiger partial charge in [-0.05, 0) is 28.9 Å². The Hall–Kier alpha value is -0.540. The van der Waals surface area contributed by atoms with E-state index in [1.807, 2.05) is 19.1 Å². The molecule has 0 bridgehead atoms. The van der Waals surface area contributed by atoms with Crippen molar-refractivity contribution in [2.24, 2.45) is 0 Å². The lowest BCUT2D eigenvalue weighted by Crippen LogP contribution is -1.94. The number of ether oxygens (including phenoxy) is 1. The lowest BCUT2D eigenvalue weighted by atomic mass is 10.2. The molecule has 1 aromatic rings. The van der Waals surface area contributed by atoms with Crippen LogP contribution in [0.5, 0.6) is 5.75 Å². The third-order valence-corrected chi connectivity index (χ3v) is 2.28. The lowest BCUT2D eigenvalue weighted by molar-refractivity contribution is 0.336. The van der Waals surface area contributed by atoms with Crippen LogP contribution in [-0.4, -0.2) is 11.7 Å². The third-order valence-electron chi connectivity index (χ3n) is 1.43. The Bertz CT molecular complexity index is 261. The molecule has 0 aliphatic heterocycles. The zero-order chi connectivity index (χ0) is 8.97. The molecular formula is C9H10BrO2. The number of benzene rings is 1. The average molecular weight is 230 g/mol. The van der Waals surface area contributed by atoms with E-state index in [0.717, 1.165) is 22.4 Å². The first kappa shape index (κ1) is 9.55. The van der Waals surface area contributed by atoms with Gasteiger partial charge in [0.25, 0.3) is 0 Å². The second-order valence-electron chi connectivity index (χ2n) is 2.22. The van der Waals surface area contributed by atoms with Crippen molar-refractivity contribution in [2.75, 3.05) is 6.61 Å². The standard InChI is InChI=1S/C9H10BrO2/c1-2-12-8-5-3-4-7(6-11)9(8)10/h3-6,11H,2H2,1H3. The summed E-state index contributed by atoms with van der Waals surface area (Å²) in [7, 11) is 0. The van der Waals surface area contributed by atoms with Gasteiger partial charge in [0, 0.05) is 5.56 Å². The van der Waals surface area contributed by atoms with Crippen LogP contribution in [0.25, 0.3) is 0 Å². The van der Waals surface area contributed by atoms with E-state index in [1.165, 1.54) is 0 Å². The fourth-order valence-corrected chi connectivity index (χ4v) is 1.38. The molecule has 1 N–H and O–H groups in total. The number of halogens is 1. The summed E-state index contributed by atoms with van der Waals surface area (Å²) in [6, 6.07) is 5.48. The molecule has 0 aromatic heterocycles. The topological polar surface area (TPSA) is 29.5 Å². The van der Waals surface area contributed by atoms with Crippen molar-refractivity contribution >= 4 is 15.9 Å². The van der Waals surface area contributed by atoms with Crippen LogP contribution in [0, 0.1) is 6.61 Å². The van der Waals surface area contributed by atoms with Gasteiger partial charge in [0.2, 0.25) is 0 Å². The Morgan fingerprint density at radius 1 is 1.58 bits per heavy atom. The summed E-state index contributed by atoms with van der Waals surface area (Å²) >= 11 is 3.33. The van der Waals surface area contributed by atoms with Crippen molar-refractivity contribution in [3.63, 3.8) is 0 Å². The highest BCUT2D eigenvalue weighted by molar-refractivity contribution is 9.10. The summed E-state index contributed by atoms with van der Waals surface area (Å²) in [6.45, 7) is 3.59. The molecule has 0 aliphatic carbocycles. The molecule has 0 atom stereocenters. The van der Waals surface area contributed by atoms with E-state index in [0.29, 0.717) is 6.61 Å². The van der Waals surface area contributed by atoms with Gasteiger partial charge in [-0.15, -0.1) is 0 Å². The van der Waals surface area contributed by atoms with Crippen LogP contribution in [0.4, 0.5) is 0 Å². The Morgan fingerprint density at radius 2 is 2.33 bits per heavy atom. The van der Waals surface area contributed by atoms with E-state index < -0.39 is 0 Å². The van der Waals surface area contributed by atoms with Crippen LogP contribution >= 0.6 is 15.9 Å². The highest BCUT2D eigenvalue weighted by Gasteiger charge is 2.04. The first-order valence-electron chi connectivity index (χ1n) is 3.68. The molecule has 12 heavy (non-hydrogen) atoms. The Labute approximate surface area is 80.3 Å². The first-order valence-corrected chi connectivity index (χ1v) is 4.47. The highest BCUT2D eigenvalue weighted by Crippen LogP contribution is 2.28. The molecule has 3 heteroatoms. The summed E-state index contributed by atoms with van der Waals surface area (Å²) in [5, 5.41) is 8.80. The maximum Gasteiger partial charge on any atom is 0.133 e. The van der Waals surface area contributed by atoms with Crippen LogP contribution in [0.1, 0.15) is 12.5 Å². The van der Waals surface area contributed by atoms with E-state index in [2.05, 4.69) is 15.9 Å². The number of hydrogen-bond acceptors (Lipinski definition) is 2. The lowest BCUT2D eigenvalue weighted by Gasteiger charge is -2.07. The van der Waals surface area contributed by atoms with E-state index in [-0.39, 0.29) is 0 Å². The maximum absolute atomic E-state index is 8.80. The first-order chi connectivity index (χ1) is 5.79. The van der Waals surface area contributed by atoms with Crippen molar-refractivity contribution in [3.8, 4) is 5.75 Å². The zero-order valence-electron chi connectivity index (χ0n) is 6.75. The van der Waals surface area contributed by atoms with Gasteiger partial charge in [-0.2, -0.15) is 0 Å². The molecule has 0 fully saturated rings. The second-order valence-corrected chi connectivity index (χ2v) is 3.01. The molecule has 0 spiro atoms. The maximum atomic E-state index is 8.80. The number of aliphatic hydroxyl groups is 1. The quantitative estimate of drug-likeness (QED) is 0.864. The van der Waals surface area contributed by atoms with Crippen LogP contribution in [0.15, 0.2) is 22.7 Å². The van der Waals surface area contributed by atoms with Crippen molar-refractivity contribution in [2.45, 2.75) is 6.92 Å². The zero-order valence-corrected chi connectivity index (χ0v) is 8.34. The van der Waals surface area contributed by atoms with Gasteiger partial charge in [-0.3, -0.25) is 0 Å². The van der Waals surface area contributed by atoms with Gasteiger partial charge in [0.1, 0.15) is 12.4 Å². The van der Waals surface area contributed by atoms with Crippen molar-refractivity contribution in [3.05, 3.63) is 34.8 Å². The fourth-order valence-electron chi connectivity index (χ4n) is 0.894. The molecule has 0 amide bonds. The summed E-state index contributed by atoms with van der Waals surface area (Å²) in [5.74, 6) is 0.750. The molecular weight excluding hydrogens is 220 g/mol. The third kappa shape index (κ3) is 1.99. The summed E-state index contributed by atoms with van der Waals surface area (Å²) < 4.78 is 6.09. The van der Waals surface area contributed by atoms with Gasteiger partial charge >= 0.3 is 0 Å². The highest BCUT2D eigenvalue weighted by atomic mass is 79.9. The molecule has 0 heterocycles. The molecule has 1 aromatic carbocycles.